The number of anilines is 3. The van der Waals surface area contributed by atoms with Crippen molar-refractivity contribution in [3.8, 4) is 11.5 Å². The third-order valence-corrected chi connectivity index (χ3v) is 7.13. The summed E-state index contributed by atoms with van der Waals surface area (Å²) in [5.41, 5.74) is -0.292. The van der Waals surface area contributed by atoms with Gasteiger partial charge in [-0.05, 0) is 18.9 Å². The molecule has 1 aliphatic heterocycles. The lowest BCUT2D eigenvalue weighted by molar-refractivity contribution is -0.182. The second kappa shape index (κ2) is 8.98. The Kier molecular flexibility index (Phi) is 5.80. The number of carboxylic acid groups (broad SMARTS) is 1. The number of imidazole rings is 1. The van der Waals surface area contributed by atoms with Gasteiger partial charge in [0.25, 0.3) is 0 Å². The van der Waals surface area contributed by atoms with Gasteiger partial charge in [0.15, 0.2) is 17.2 Å². The molecule has 1 saturated carbocycles. The molecule has 0 radical (unpaired) electrons. The van der Waals surface area contributed by atoms with Crippen LogP contribution in [-0.2, 0) is 18.0 Å². The zero-order chi connectivity index (χ0) is 27.5. The predicted molar refractivity (Wildman–Crippen MR) is 132 cm³/mol. The molecule has 1 saturated heterocycles. The normalized spacial score (nSPS) is 16.6. The summed E-state index contributed by atoms with van der Waals surface area (Å²) in [5.74, 6) is 0.592. The van der Waals surface area contributed by atoms with Crippen LogP contribution in [0.3, 0.4) is 0 Å². The van der Waals surface area contributed by atoms with Gasteiger partial charge < -0.3 is 24.5 Å². The second-order valence-corrected chi connectivity index (χ2v) is 9.93. The van der Waals surface area contributed by atoms with E-state index >= 15 is 0 Å². The van der Waals surface area contributed by atoms with E-state index in [1.54, 1.807) is 7.05 Å². The number of ether oxygens (including phenoxy) is 2. The number of nitrogens with zero attached hydrogens (tertiary/aromatic N) is 6. The van der Waals surface area contributed by atoms with E-state index in [-0.39, 0.29) is 51.2 Å². The number of rotatable bonds is 6. The number of pyridine rings is 2. The van der Waals surface area contributed by atoms with Gasteiger partial charge in [0, 0.05) is 30.8 Å². The summed E-state index contributed by atoms with van der Waals surface area (Å²) >= 11 is 6.58. The van der Waals surface area contributed by atoms with Crippen LogP contribution in [0.1, 0.15) is 24.6 Å². The Labute approximate surface area is 222 Å². The highest BCUT2D eigenvalue weighted by atomic mass is 35.5. The standard InChI is InChI=1S/C23H20ClF3N8O4/c1-34-18-17(24)13(39-12-2-3-28-15(4-12)31-21(36)37)8-29-19(18)32-20(34)30-16-5-14(23(25,26)27)35(33-16)11-6-22(7-11)9-38-10-22/h2-5,8,11H,6-7,9-10H2,1H3,(H,28,31)(H,36,37)(H,29,30,32,33). The summed E-state index contributed by atoms with van der Waals surface area (Å²) < 4.78 is 55.0. The number of hydrogen-bond acceptors (Lipinski definition) is 8. The fourth-order valence-electron chi connectivity index (χ4n) is 4.87. The number of aromatic nitrogens is 6. The van der Waals surface area contributed by atoms with E-state index < -0.39 is 18.0 Å². The van der Waals surface area contributed by atoms with Gasteiger partial charge in [0.1, 0.15) is 27.8 Å². The van der Waals surface area contributed by atoms with Crippen LogP contribution >= 0.6 is 11.6 Å². The van der Waals surface area contributed by atoms with Crippen LogP contribution in [0.15, 0.2) is 30.6 Å². The van der Waals surface area contributed by atoms with E-state index in [9.17, 15) is 18.0 Å². The molecular formula is C23H20ClF3N8O4. The van der Waals surface area contributed by atoms with E-state index in [1.165, 1.54) is 29.1 Å². The Morgan fingerprint density at radius 3 is 2.69 bits per heavy atom. The maximum atomic E-state index is 13.8. The van der Waals surface area contributed by atoms with Crippen LogP contribution in [0.25, 0.3) is 11.2 Å². The van der Waals surface area contributed by atoms with Crippen molar-refractivity contribution in [1.29, 1.82) is 0 Å². The van der Waals surface area contributed by atoms with Crippen LogP contribution in [0.5, 0.6) is 11.5 Å². The highest BCUT2D eigenvalue weighted by Crippen LogP contribution is 2.54. The Morgan fingerprint density at radius 1 is 1.26 bits per heavy atom. The molecule has 2 aliphatic rings. The van der Waals surface area contributed by atoms with Gasteiger partial charge in [-0.25, -0.2) is 14.8 Å². The maximum Gasteiger partial charge on any atom is 0.433 e. The molecule has 3 N–H and O–H groups in total. The average molecular weight is 565 g/mol. The molecule has 204 valence electrons. The molecule has 2 fully saturated rings. The maximum absolute atomic E-state index is 13.8. The number of hydrogen-bond donors (Lipinski definition) is 3. The summed E-state index contributed by atoms with van der Waals surface area (Å²) in [7, 11) is 1.62. The van der Waals surface area contributed by atoms with Crippen molar-refractivity contribution >= 4 is 46.4 Å². The third kappa shape index (κ3) is 4.57. The first kappa shape index (κ1) is 25.2. The SMILES string of the molecule is Cn1c(Nc2cc(C(F)(F)F)n(C3CC4(COC4)C3)n2)nc2ncc(Oc3ccnc(NC(=O)O)c3)c(Cl)c21. The molecule has 4 aromatic heterocycles. The molecule has 5 heterocycles. The Morgan fingerprint density at radius 2 is 2.03 bits per heavy atom. The number of halogens is 4. The molecule has 0 aromatic carbocycles. The topological polar surface area (TPSA) is 141 Å². The van der Waals surface area contributed by atoms with Gasteiger partial charge in [0.2, 0.25) is 5.95 Å². The van der Waals surface area contributed by atoms with Crippen LogP contribution < -0.4 is 15.4 Å². The molecule has 1 amide bonds. The predicted octanol–water partition coefficient (Wildman–Crippen LogP) is 5.21. The van der Waals surface area contributed by atoms with Crippen LogP contribution in [0.4, 0.5) is 35.5 Å². The molecule has 4 aromatic rings. The molecule has 1 spiro atoms. The third-order valence-electron chi connectivity index (χ3n) is 6.76. The van der Waals surface area contributed by atoms with E-state index in [1.807, 2.05) is 0 Å². The fourth-order valence-corrected chi connectivity index (χ4v) is 5.17. The summed E-state index contributed by atoms with van der Waals surface area (Å²) in [6, 6.07) is 3.45. The summed E-state index contributed by atoms with van der Waals surface area (Å²) in [4.78, 5) is 23.4. The van der Waals surface area contributed by atoms with E-state index in [0.717, 1.165) is 10.7 Å². The van der Waals surface area contributed by atoms with Gasteiger partial charge >= 0.3 is 12.3 Å². The smallest absolute Gasteiger partial charge is 0.433 e. The first-order valence-corrected chi connectivity index (χ1v) is 12.1. The number of amides is 1. The molecule has 0 bridgehead atoms. The molecule has 6 rings (SSSR count). The minimum Gasteiger partial charge on any atom is -0.465 e. The minimum absolute atomic E-state index is 0.0191. The average Bonchev–Trinajstić information content (AvgIpc) is 3.36. The molecule has 1 aliphatic carbocycles. The lowest BCUT2D eigenvalue weighted by Crippen LogP contribution is -2.53. The second-order valence-electron chi connectivity index (χ2n) is 9.55. The molecular weight excluding hydrogens is 545 g/mol. The zero-order valence-corrected chi connectivity index (χ0v) is 20.9. The van der Waals surface area contributed by atoms with Crippen LogP contribution in [0, 0.1) is 5.41 Å². The molecule has 12 nitrogen and oxygen atoms in total. The lowest BCUT2D eigenvalue weighted by atomic mass is 9.64. The summed E-state index contributed by atoms with van der Waals surface area (Å²) in [5, 5.41) is 18.2. The zero-order valence-electron chi connectivity index (χ0n) is 20.2. The van der Waals surface area contributed by atoms with E-state index in [2.05, 4.69) is 30.7 Å². The van der Waals surface area contributed by atoms with Crippen LogP contribution in [-0.4, -0.2) is 53.7 Å². The summed E-state index contributed by atoms with van der Waals surface area (Å²) in [6.45, 7) is 1.14. The number of nitrogens with one attached hydrogen (secondary N) is 2. The fraction of sp³-hybridized carbons (Fsp3) is 0.348. The van der Waals surface area contributed by atoms with Crippen molar-refractivity contribution in [3.05, 3.63) is 41.3 Å². The van der Waals surface area contributed by atoms with Gasteiger partial charge in [-0.1, -0.05) is 11.6 Å². The highest BCUT2D eigenvalue weighted by molar-refractivity contribution is 6.36. The number of alkyl halides is 3. The summed E-state index contributed by atoms with van der Waals surface area (Å²) in [6.07, 6.45) is -2.02. The molecule has 39 heavy (non-hydrogen) atoms. The van der Waals surface area contributed by atoms with Gasteiger partial charge in [-0.3, -0.25) is 10.00 Å². The lowest BCUT2D eigenvalue weighted by Gasteiger charge is -2.53. The Balaban J connectivity index is 1.27. The van der Waals surface area contributed by atoms with Crippen molar-refractivity contribution in [1.82, 2.24) is 29.3 Å². The number of aryl methyl sites for hydroxylation is 1. The highest BCUT2D eigenvalue weighted by Gasteiger charge is 2.52. The first-order valence-electron chi connectivity index (χ1n) is 11.7. The molecule has 0 unspecified atom stereocenters. The van der Waals surface area contributed by atoms with Gasteiger partial charge in [-0.15, -0.1) is 0 Å². The van der Waals surface area contributed by atoms with Crippen molar-refractivity contribution in [2.45, 2.75) is 25.1 Å². The Hall–Kier alpha value is -4.11. The van der Waals surface area contributed by atoms with Crippen molar-refractivity contribution in [2.24, 2.45) is 12.5 Å². The van der Waals surface area contributed by atoms with Crippen molar-refractivity contribution < 1.29 is 32.5 Å². The van der Waals surface area contributed by atoms with Crippen LogP contribution in [0.2, 0.25) is 5.02 Å². The van der Waals surface area contributed by atoms with E-state index in [4.69, 9.17) is 26.2 Å². The number of fused-ring (bicyclic) bond motifs is 1. The largest absolute Gasteiger partial charge is 0.465 e. The van der Waals surface area contributed by atoms with Crippen molar-refractivity contribution in [3.63, 3.8) is 0 Å². The first-order chi connectivity index (χ1) is 18.5. The Bertz CT molecular complexity index is 1590. The molecule has 16 heteroatoms. The van der Waals surface area contributed by atoms with Crippen molar-refractivity contribution in [2.75, 3.05) is 23.8 Å². The molecule has 0 atom stereocenters. The van der Waals surface area contributed by atoms with Gasteiger partial charge in [0.05, 0.1) is 25.5 Å². The minimum atomic E-state index is -4.58. The van der Waals surface area contributed by atoms with Gasteiger partial charge in [-0.2, -0.15) is 23.3 Å². The number of carbonyl (C=O) groups is 1. The van der Waals surface area contributed by atoms with E-state index in [0.29, 0.717) is 31.6 Å². The quantitative estimate of drug-likeness (QED) is 0.288. The monoisotopic (exact) mass is 564 g/mol.